The Morgan fingerprint density at radius 3 is 2.54 bits per heavy atom. The lowest BCUT2D eigenvalue weighted by atomic mass is 10.0. The van der Waals surface area contributed by atoms with Crippen molar-refractivity contribution in [2.75, 3.05) is 0 Å². The molecule has 2 amide bonds. The molecule has 7 nitrogen and oxygen atoms in total. The monoisotopic (exact) mass is 401 g/mol. The van der Waals surface area contributed by atoms with Gasteiger partial charge < -0.3 is 16.8 Å². The van der Waals surface area contributed by atoms with Gasteiger partial charge in [-0.15, -0.1) is 0 Å². The van der Waals surface area contributed by atoms with E-state index in [-0.39, 0.29) is 12.3 Å². The number of allylic oxidation sites excluding steroid dienone is 2. The summed E-state index contributed by atoms with van der Waals surface area (Å²) in [6, 6.07) is 5.62. The molecule has 8 heteroatoms. The van der Waals surface area contributed by atoms with E-state index in [1.165, 1.54) is 0 Å². The van der Waals surface area contributed by atoms with Crippen LogP contribution in [0.5, 0.6) is 0 Å². The van der Waals surface area contributed by atoms with Crippen LogP contribution in [-0.2, 0) is 16.0 Å². The predicted octanol–water partition coefficient (Wildman–Crippen LogP) is 2.49. The lowest BCUT2D eigenvalue weighted by Gasteiger charge is -2.12. The zero-order valence-electron chi connectivity index (χ0n) is 15.9. The van der Waals surface area contributed by atoms with E-state index in [0.29, 0.717) is 23.8 Å². The number of nitrogens with one attached hydrogen (secondary N) is 1. The minimum Gasteiger partial charge on any atom is -0.385 e. The standard InChI is InChI=1S/C19H21ClN4O.CH3NO/c1-12-10-15(11-23-18(12)20)4-5-17(25)24-19(21)14(3)13(2)16-6-8-22-9-7-16;2-1-3/h6-11H,2,4-5,21H2,1,3H3,(H,24,25);1H,(H2,2,3)/b19-14+;. The number of pyridine rings is 2. The van der Waals surface area contributed by atoms with E-state index in [1.807, 2.05) is 32.0 Å². The molecular formula is C20H24ClN5O2. The lowest BCUT2D eigenvalue weighted by Crippen LogP contribution is -2.29. The number of halogens is 1. The van der Waals surface area contributed by atoms with Gasteiger partial charge in [0.1, 0.15) is 11.0 Å². The van der Waals surface area contributed by atoms with Crippen LogP contribution in [0.2, 0.25) is 5.15 Å². The first-order valence-corrected chi connectivity index (χ1v) is 8.80. The third-order valence-electron chi connectivity index (χ3n) is 3.87. The topological polar surface area (TPSA) is 124 Å². The number of carbonyl (C=O) groups is 2. The number of primary amides is 1. The van der Waals surface area contributed by atoms with Gasteiger partial charge in [-0.3, -0.25) is 14.6 Å². The van der Waals surface area contributed by atoms with E-state index in [4.69, 9.17) is 22.1 Å². The molecule has 0 aliphatic carbocycles. The third-order valence-corrected chi connectivity index (χ3v) is 4.27. The Balaban J connectivity index is 0.00000122. The molecule has 2 rings (SSSR count). The maximum atomic E-state index is 12.1. The van der Waals surface area contributed by atoms with E-state index in [0.717, 1.165) is 27.8 Å². The Morgan fingerprint density at radius 1 is 1.36 bits per heavy atom. The van der Waals surface area contributed by atoms with Crippen LogP contribution in [0.4, 0.5) is 0 Å². The van der Waals surface area contributed by atoms with E-state index in [9.17, 15) is 4.79 Å². The van der Waals surface area contributed by atoms with Gasteiger partial charge in [0.25, 0.3) is 0 Å². The maximum absolute atomic E-state index is 12.1. The second-order valence-electron chi connectivity index (χ2n) is 5.89. The summed E-state index contributed by atoms with van der Waals surface area (Å²) in [5.41, 5.74) is 14.4. The third kappa shape index (κ3) is 7.20. The Labute approximate surface area is 169 Å². The van der Waals surface area contributed by atoms with E-state index in [2.05, 4.69) is 27.6 Å². The summed E-state index contributed by atoms with van der Waals surface area (Å²) in [5.74, 6) is 0.143. The zero-order chi connectivity index (χ0) is 21.1. The molecule has 0 aliphatic heterocycles. The molecule has 0 saturated carbocycles. The number of aromatic nitrogens is 2. The highest BCUT2D eigenvalue weighted by Gasteiger charge is 2.09. The number of amides is 2. The Hall–Kier alpha value is -3.19. The Kier molecular flexibility index (Phi) is 9.39. The fraction of sp³-hybridized carbons (Fsp3) is 0.200. The molecule has 0 bridgehead atoms. The molecule has 0 fully saturated rings. The molecule has 0 unspecified atom stereocenters. The molecule has 0 saturated heterocycles. The molecule has 0 aromatic carbocycles. The molecule has 5 N–H and O–H groups in total. The predicted molar refractivity (Wildman–Crippen MR) is 111 cm³/mol. The van der Waals surface area contributed by atoms with Gasteiger partial charge in [-0.05, 0) is 60.2 Å². The van der Waals surface area contributed by atoms with Gasteiger partial charge in [-0.1, -0.05) is 24.2 Å². The first-order chi connectivity index (χ1) is 13.3. The van der Waals surface area contributed by atoms with Gasteiger partial charge in [-0.2, -0.15) is 0 Å². The largest absolute Gasteiger partial charge is 0.385 e. The highest BCUT2D eigenvalue weighted by molar-refractivity contribution is 6.30. The number of rotatable bonds is 6. The molecule has 28 heavy (non-hydrogen) atoms. The Morgan fingerprint density at radius 2 is 1.96 bits per heavy atom. The van der Waals surface area contributed by atoms with Crippen molar-refractivity contribution in [3.63, 3.8) is 0 Å². The van der Waals surface area contributed by atoms with Crippen LogP contribution in [0.15, 0.2) is 54.8 Å². The van der Waals surface area contributed by atoms with Gasteiger partial charge in [0.15, 0.2) is 0 Å². The van der Waals surface area contributed by atoms with Gasteiger partial charge in [0.2, 0.25) is 12.3 Å². The number of hydrogen-bond acceptors (Lipinski definition) is 5. The number of aryl methyl sites for hydroxylation is 2. The van der Waals surface area contributed by atoms with Crippen molar-refractivity contribution >= 4 is 29.5 Å². The molecule has 0 atom stereocenters. The Bertz CT molecular complexity index is 866. The van der Waals surface area contributed by atoms with Crippen LogP contribution in [-0.4, -0.2) is 22.3 Å². The summed E-state index contributed by atoms with van der Waals surface area (Å²) in [4.78, 5) is 28.8. The summed E-state index contributed by atoms with van der Waals surface area (Å²) >= 11 is 5.90. The summed E-state index contributed by atoms with van der Waals surface area (Å²) in [6.45, 7) is 7.73. The van der Waals surface area contributed by atoms with Crippen LogP contribution in [0.1, 0.15) is 30.0 Å². The van der Waals surface area contributed by atoms with Crippen molar-refractivity contribution in [1.82, 2.24) is 15.3 Å². The van der Waals surface area contributed by atoms with E-state index >= 15 is 0 Å². The van der Waals surface area contributed by atoms with E-state index in [1.54, 1.807) is 18.6 Å². The van der Waals surface area contributed by atoms with Crippen molar-refractivity contribution in [2.45, 2.75) is 26.7 Å². The van der Waals surface area contributed by atoms with Gasteiger partial charge in [0, 0.05) is 25.0 Å². The second kappa shape index (κ2) is 11.5. The summed E-state index contributed by atoms with van der Waals surface area (Å²) in [5, 5.41) is 3.20. The number of carbonyl (C=O) groups excluding carboxylic acids is 2. The van der Waals surface area contributed by atoms with Crippen molar-refractivity contribution < 1.29 is 9.59 Å². The number of nitrogens with two attached hydrogens (primary N) is 2. The first kappa shape index (κ1) is 22.9. The van der Waals surface area contributed by atoms with Crippen LogP contribution in [0.25, 0.3) is 5.57 Å². The molecule has 0 aliphatic rings. The van der Waals surface area contributed by atoms with E-state index < -0.39 is 0 Å². The van der Waals surface area contributed by atoms with Crippen LogP contribution in [0, 0.1) is 6.92 Å². The zero-order valence-corrected chi connectivity index (χ0v) is 16.7. The highest BCUT2D eigenvalue weighted by atomic mass is 35.5. The van der Waals surface area contributed by atoms with Crippen molar-refractivity contribution in [3.05, 3.63) is 76.6 Å². The van der Waals surface area contributed by atoms with Gasteiger partial charge in [-0.25, -0.2) is 4.98 Å². The normalized spacial score (nSPS) is 10.8. The number of nitrogens with zero attached hydrogens (tertiary/aromatic N) is 2. The molecule has 2 heterocycles. The molecular weight excluding hydrogens is 378 g/mol. The molecule has 0 spiro atoms. The van der Waals surface area contributed by atoms with Gasteiger partial charge in [0.05, 0.1) is 0 Å². The minimum atomic E-state index is -0.160. The highest BCUT2D eigenvalue weighted by Crippen LogP contribution is 2.20. The quantitative estimate of drug-likeness (QED) is 0.389. The fourth-order valence-corrected chi connectivity index (χ4v) is 2.35. The lowest BCUT2D eigenvalue weighted by molar-refractivity contribution is -0.120. The molecule has 2 aromatic heterocycles. The molecule has 148 valence electrons. The smallest absolute Gasteiger partial charge is 0.225 e. The second-order valence-corrected chi connectivity index (χ2v) is 6.25. The maximum Gasteiger partial charge on any atom is 0.225 e. The molecule has 2 aromatic rings. The summed E-state index contributed by atoms with van der Waals surface area (Å²) in [7, 11) is 0. The first-order valence-electron chi connectivity index (χ1n) is 8.42. The van der Waals surface area contributed by atoms with Crippen molar-refractivity contribution in [1.29, 1.82) is 0 Å². The molecule has 0 radical (unpaired) electrons. The fourth-order valence-electron chi connectivity index (χ4n) is 2.25. The van der Waals surface area contributed by atoms with Crippen LogP contribution >= 0.6 is 11.6 Å². The van der Waals surface area contributed by atoms with Crippen LogP contribution in [0.3, 0.4) is 0 Å². The average Bonchev–Trinajstić information content (AvgIpc) is 2.69. The average molecular weight is 402 g/mol. The summed E-state index contributed by atoms with van der Waals surface area (Å²) < 4.78 is 0. The van der Waals surface area contributed by atoms with Gasteiger partial charge >= 0.3 is 0 Å². The summed E-state index contributed by atoms with van der Waals surface area (Å²) in [6.07, 6.45) is 6.17. The van der Waals surface area contributed by atoms with Crippen molar-refractivity contribution in [2.24, 2.45) is 11.5 Å². The SMILES string of the molecule is C=C(/C(C)=C(\N)NC(=O)CCc1cnc(Cl)c(C)c1)c1ccncc1.NC=O. The van der Waals surface area contributed by atoms with Crippen molar-refractivity contribution in [3.8, 4) is 0 Å². The number of hydrogen-bond donors (Lipinski definition) is 3. The minimum absolute atomic E-state index is 0.160. The van der Waals surface area contributed by atoms with Crippen LogP contribution < -0.4 is 16.8 Å².